The molecule has 0 aliphatic carbocycles. The molecule has 1 atom stereocenters. The van der Waals surface area contributed by atoms with Gasteiger partial charge in [0.05, 0.1) is 18.8 Å². The van der Waals surface area contributed by atoms with Crippen LogP contribution in [0.5, 0.6) is 5.88 Å². The first-order valence-corrected chi connectivity index (χ1v) is 7.08. The number of nitrogens with zero attached hydrogens (tertiary/aromatic N) is 2. The van der Waals surface area contributed by atoms with Crippen LogP contribution < -0.4 is 10.1 Å². The van der Waals surface area contributed by atoms with Gasteiger partial charge in [-0.15, -0.1) is 5.10 Å². The normalized spacial score (nSPS) is 12.1. The molecule has 0 saturated carbocycles. The van der Waals surface area contributed by atoms with Gasteiger partial charge >= 0.3 is 0 Å². The highest BCUT2D eigenvalue weighted by Gasteiger charge is 2.14. The summed E-state index contributed by atoms with van der Waals surface area (Å²) in [4.78, 5) is 0. The van der Waals surface area contributed by atoms with E-state index in [0.717, 1.165) is 24.2 Å². The Kier molecular flexibility index (Phi) is 5.63. The molecule has 0 saturated heterocycles. The second-order valence-electron chi connectivity index (χ2n) is 4.84. The van der Waals surface area contributed by atoms with Gasteiger partial charge in [0, 0.05) is 6.07 Å². The molecule has 0 aliphatic rings. The quantitative estimate of drug-likeness (QED) is 0.851. The summed E-state index contributed by atoms with van der Waals surface area (Å²) < 4.78 is 18.3. The number of hydrogen-bond donors (Lipinski definition) is 1. The van der Waals surface area contributed by atoms with Gasteiger partial charge in [0.2, 0.25) is 5.88 Å². The van der Waals surface area contributed by atoms with E-state index in [4.69, 9.17) is 4.74 Å². The van der Waals surface area contributed by atoms with E-state index in [1.54, 1.807) is 25.3 Å². The molecule has 0 spiro atoms. The topological polar surface area (TPSA) is 47.0 Å². The maximum Gasteiger partial charge on any atom is 0.233 e. The molecule has 1 N–H and O–H groups in total. The van der Waals surface area contributed by atoms with Crippen molar-refractivity contribution >= 4 is 0 Å². The Hall–Kier alpha value is -2.01. The number of hydrogen-bond acceptors (Lipinski definition) is 4. The molecule has 0 aliphatic heterocycles. The first-order chi connectivity index (χ1) is 10.2. The van der Waals surface area contributed by atoms with E-state index in [1.807, 2.05) is 12.1 Å². The fourth-order valence-electron chi connectivity index (χ4n) is 2.12. The first kappa shape index (κ1) is 15.4. The van der Waals surface area contributed by atoms with Crippen molar-refractivity contribution in [3.63, 3.8) is 0 Å². The van der Waals surface area contributed by atoms with Gasteiger partial charge in [0.25, 0.3) is 0 Å². The van der Waals surface area contributed by atoms with Crippen LogP contribution >= 0.6 is 0 Å². The number of nitrogens with one attached hydrogen (secondary N) is 1. The predicted molar refractivity (Wildman–Crippen MR) is 79.7 cm³/mol. The van der Waals surface area contributed by atoms with Crippen LogP contribution in [0.1, 0.15) is 30.6 Å². The fraction of sp³-hybridized carbons (Fsp3) is 0.375. The molecule has 0 radical (unpaired) electrons. The molecular formula is C16H20FN3O. The third-order valence-electron chi connectivity index (χ3n) is 3.20. The zero-order valence-electron chi connectivity index (χ0n) is 12.3. The number of methoxy groups -OCH3 is 1. The lowest BCUT2D eigenvalue weighted by molar-refractivity contribution is 0.389. The molecule has 1 aromatic heterocycles. The minimum Gasteiger partial charge on any atom is -0.480 e. The lowest BCUT2D eigenvalue weighted by Gasteiger charge is -2.18. The SMILES string of the molecule is CCCNC(Cc1cccc(F)c1)c1ccc(OC)nn1. The van der Waals surface area contributed by atoms with Crippen LogP contribution in [0.3, 0.4) is 0 Å². The zero-order chi connectivity index (χ0) is 15.1. The van der Waals surface area contributed by atoms with Crippen molar-refractivity contribution in [2.24, 2.45) is 0 Å². The van der Waals surface area contributed by atoms with E-state index in [9.17, 15) is 4.39 Å². The van der Waals surface area contributed by atoms with Gasteiger partial charge < -0.3 is 10.1 Å². The summed E-state index contributed by atoms with van der Waals surface area (Å²) in [5.41, 5.74) is 1.76. The standard InChI is InChI=1S/C16H20FN3O/c1-3-9-18-15(11-12-5-4-6-13(17)10-12)14-7-8-16(21-2)20-19-14/h4-8,10,15,18H,3,9,11H2,1-2H3. The van der Waals surface area contributed by atoms with E-state index in [1.165, 1.54) is 6.07 Å². The molecule has 1 aromatic carbocycles. The summed E-state index contributed by atoms with van der Waals surface area (Å²) in [5, 5.41) is 11.6. The Morgan fingerprint density at radius 2 is 2.10 bits per heavy atom. The van der Waals surface area contributed by atoms with Gasteiger partial charge in [-0.25, -0.2) is 4.39 Å². The second-order valence-corrected chi connectivity index (χ2v) is 4.84. The van der Waals surface area contributed by atoms with E-state index >= 15 is 0 Å². The van der Waals surface area contributed by atoms with Gasteiger partial charge in [0.15, 0.2) is 0 Å². The van der Waals surface area contributed by atoms with Gasteiger partial charge in [-0.1, -0.05) is 19.1 Å². The van der Waals surface area contributed by atoms with Crippen molar-refractivity contribution in [1.82, 2.24) is 15.5 Å². The molecule has 0 fully saturated rings. The second kappa shape index (κ2) is 7.69. The molecule has 0 bridgehead atoms. The average Bonchev–Trinajstić information content (AvgIpc) is 2.51. The predicted octanol–water partition coefficient (Wildman–Crippen LogP) is 2.91. The third kappa shape index (κ3) is 4.49. The van der Waals surface area contributed by atoms with Crippen molar-refractivity contribution in [3.05, 3.63) is 53.5 Å². The van der Waals surface area contributed by atoms with Crippen LogP contribution in [0.4, 0.5) is 4.39 Å². The Morgan fingerprint density at radius 3 is 2.71 bits per heavy atom. The van der Waals surface area contributed by atoms with E-state index in [0.29, 0.717) is 12.3 Å². The highest BCUT2D eigenvalue weighted by atomic mass is 19.1. The Labute approximate surface area is 124 Å². The smallest absolute Gasteiger partial charge is 0.233 e. The van der Waals surface area contributed by atoms with Gasteiger partial charge in [0.1, 0.15) is 5.82 Å². The molecule has 4 nitrogen and oxygen atoms in total. The maximum atomic E-state index is 13.3. The molecule has 1 heterocycles. The number of halogens is 1. The van der Waals surface area contributed by atoms with Crippen LogP contribution in [-0.2, 0) is 6.42 Å². The summed E-state index contributed by atoms with van der Waals surface area (Å²) in [6, 6.07) is 10.3. The minimum absolute atomic E-state index is 0.00477. The molecule has 5 heteroatoms. The molecule has 1 unspecified atom stereocenters. The summed E-state index contributed by atoms with van der Waals surface area (Å²) in [7, 11) is 1.56. The minimum atomic E-state index is -0.220. The highest BCUT2D eigenvalue weighted by Crippen LogP contribution is 2.18. The highest BCUT2D eigenvalue weighted by molar-refractivity contribution is 5.21. The molecule has 0 amide bonds. The fourth-order valence-corrected chi connectivity index (χ4v) is 2.12. The average molecular weight is 289 g/mol. The molecule has 2 aromatic rings. The summed E-state index contributed by atoms with van der Waals surface area (Å²) in [5.74, 6) is 0.265. The van der Waals surface area contributed by atoms with E-state index in [-0.39, 0.29) is 11.9 Å². The molecule has 112 valence electrons. The Bertz CT molecular complexity index is 560. The number of benzene rings is 1. The number of rotatable bonds is 7. The summed E-state index contributed by atoms with van der Waals surface area (Å²) in [6.07, 6.45) is 1.68. The Morgan fingerprint density at radius 1 is 1.24 bits per heavy atom. The van der Waals surface area contributed by atoms with Crippen LogP contribution in [0.15, 0.2) is 36.4 Å². The molecule has 21 heavy (non-hydrogen) atoms. The van der Waals surface area contributed by atoms with E-state index in [2.05, 4.69) is 22.4 Å². The molecular weight excluding hydrogens is 269 g/mol. The van der Waals surface area contributed by atoms with Crippen LogP contribution in [-0.4, -0.2) is 23.9 Å². The van der Waals surface area contributed by atoms with Crippen molar-refractivity contribution in [2.45, 2.75) is 25.8 Å². The summed E-state index contributed by atoms with van der Waals surface area (Å²) >= 11 is 0. The number of ether oxygens (including phenoxy) is 1. The van der Waals surface area contributed by atoms with Crippen LogP contribution in [0.25, 0.3) is 0 Å². The van der Waals surface area contributed by atoms with Crippen LogP contribution in [0, 0.1) is 5.82 Å². The maximum absolute atomic E-state index is 13.3. The van der Waals surface area contributed by atoms with Crippen molar-refractivity contribution in [2.75, 3.05) is 13.7 Å². The lowest BCUT2D eigenvalue weighted by Crippen LogP contribution is -2.25. The lowest BCUT2D eigenvalue weighted by atomic mass is 10.0. The van der Waals surface area contributed by atoms with Crippen molar-refractivity contribution < 1.29 is 9.13 Å². The third-order valence-corrected chi connectivity index (χ3v) is 3.20. The van der Waals surface area contributed by atoms with Gasteiger partial charge in [-0.2, -0.15) is 5.10 Å². The molecule has 2 rings (SSSR count). The number of aromatic nitrogens is 2. The first-order valence-electron chi connectivity index (χ1n) is 7.08. The summed E-state index contributed by atoms with van der Waals surface area (Å²) in [6.45, 7) is 2.97. The van der Waals surface area contributed by atoms with Crippen LogP contribution in [0.2, 0.25) is 0 Å². The van der Waals surface area contributed by atoms with Crippen molar-refractivity contribution in [1.29, 1.82) is 0 Å². The van der Waals surface area contributed by atoms with Crippen molar-refractivity contribution in [3.8, 4) is 5.88 Å². The van der Waals surface area contributed by atoms with E-state index < -0.39 is 0 Å². The Balaban J connectivity index is 2.16. The zero-order valence-corrected chi connectivity index (χ0v) is 12.3. The monoisotopic (exact) mass is 289 g/mol. The van der Waals surface area contributed by atoms with Gasteiger partial charge in [-0.05, 0) is 43.1 Å². The largest absolute Gasteiger partial charge is 0.480 e. The van der Waals surface area contributed by atoms with Gasteiger partial charge in [-0.3, -0.25) is 0 Å².